The summed E-state index contributed by atoms with van der Waals surface area (Å²) in [6.07, 6.45) is 1.84. The van der Waals surface area contributed by atoms with E-state index in [0.29, 0.717) is 18.3 Å². The summed E-state index contributed by atoms with van der Waals surface area (Å²) in [5, 5.41) is 10.1. The van der Waals surface area contributed by atoms with E-state index in [0.717, 1.165) is 45.3 Å². The van der Waals surface area contributed by atoms with Crippen molar-refractivity contribution in [3.63, 3.8) is 0 Å². The number of rotatable bonds is 6. The second-order valence-corrected chi connectivity index (χ2v) is 8.04. The van der Waals surface area contributed by atoms with Gasteiger partial charge in [0.2, 0.25) is 5.95 Å². The lowest BCUT2D eigenvalue weighted by Gasteiger charge is -2.46. The van der Waals surface area contributed by atoms with Gasteiger partial charge in [0.1, 0.15) is 11.4 Å². The average molecular weight is 425 g/mol. The van der Waals surface area contributed by atoms with Crippen molar-refractivity contribution in [2.24, 2.45) is 0 Å². The first kappa shape index (κ1) is 20.9. The lowest BCUT2D eigenvalue weighted by Crippen LogP contribution is -2.57. The summed E-state index contributed by atoms with van der Waals surface area (Å²) in [5.41, 5.74) is -0.424. The van der Waals surface area contributed by atoms with E-state index in [9.17, 15) is 13.2 Å². The van der Waals surface area contributed by atoms with E-state index in [1.54, 1.807) is 13.1 Å². The predicted molar refractivity (Wildman–Crippen MR) is 106 cm³/mol. The number of halogens is 3. The minimum Gasteiger partial charge on any atom is -0.378 e. The zero-order valence-electron chi connectivity index (χ0n) is 17.0. The highest BCUT2D eigenvalue weighted by Gasteiger charge is 2.38. The van der Waals surface area contributed by atoms with E-state index < -0.39 is 11.7 Å². The molecule has 8 nitrogen and oxygen atoms in total. The maximum Gasteiger partial charge on any atom is 0.421 e. The monoisotopic (exact) mass is 425 g/mol. The fourth-order valence-corrected chi connectivity index (χ4v) is 3.95. The Labute approximate surface area is 172 Å². The number of piperidine rings is 1. The van der Waals surface area contributed by atoms with Gasteiger partial charge in [-0.3, -0.25) is 9.58 Å². The number of nitrogens with zero attached hydrogens (tertiary/aromatic N) is 5. The van der Waals surface area contributed by atoms with Crippen molar-refractivity contribution in [1.29, 1.82) is 0 Å². The number of anilines is 3. The van der Waals surface area contributed by atoms with Crippen LogP contribution in [0.2, 0.25) is 0 Å². The maximum absolute atomic E-state index is 13.1. The van der Waals surface area contributed by atoms with Gasteiger partial charge >= 0.3 is 6.18 Å². The molecule has 11 heteroatoms. The fourth-order valence-electron chi connectivity index (χ4n) is 3.95. The Hall–Kier alpha value is -2.40. The first-order valence-electron chi connectivity index (χ1n) is 10.1. The number of nitrogens with one attached hydrogen (secondary N) is 2. The van der Waals surface area contributed by atoms with Crippen LogP contribution in [0.4, 0.5) is 30.6 Å². The molecule has 2 fully saturated rings. The molecule has 2 N–H and O–H groups in total. The number of hydrogen-bond donors (Lipinski definition) is 2. The molecular formula is C19H26F3N7O. The minimum absolute atomic E-state index is 0.0838. The van der Waals surface area contributed by atoms with Gasteiger partial charge in [0, 0.05) is 25.5 Å². The molecule has 0 amide bonds. The van der Waals surface area contributed by atoms with Crippen molar-refractivity contribution < 1.29 is 17.9 Å². The molecule has 1 unspecified atom stereocenters. The SMILES string of the molecule is CCNc1nc(Nc2cnn(C3(C)CCCN(C4COC4)C3)c2)ncc1C(F)(F)F. The lowest BCUT2D eigenvalue weighted by atomic mass is 9.90. The minimum atomic E-state index is -4.52. The molecule has 0 bridgehead atoms. The smallest absolute Gasteiger partial charge is 0.378 e. The molecule has 30 heavy (non-hydrogen) atoms. The number of alkyl halides is 3. The van der Waals surface area contributed by atoms with Crippen LogP contribution in [0.5, 0.6) is 0 Å². The number of likely N-dealkylation sites (tertiary alicyclic amines) is 1. The molecule has 164 valence electrons. The predicted octanol–water partition coefficient (Wildman–Crippen LogP) is 3.08. The Kier molecular flexibility index (Phi) is 5.58. The van der Waals surface area contributed by atoms with E-state index in [-0.39, 0.29) is 17.3 Å². The Morgan fingerprint density at radius 1 is 1.30 bits per heavy atom. The summed E-state index contributed by atoms with van der Waals surface area (Å²) in [5.74, 6) is -0.159. The van der Waals surface area contributed by atoms with E-state index >= 15 is 0 Å². The summed E-state index contributed by atoms with van der Waals surface area (Å²) < 4.78 is 46.7. The van der Waals surface area contributed by atoms with Crippen molar-refractivity contribution >= 4 is 17.5 Å². The van der Waals surface area contributed by atoms with Gasteiger partial charge in [-0.2, -0.15) is 23.3 Å². The van der Waals surface area contributed by atoms with Gasteiger partial charge in [-0.15, -0.1) is 0 Å². The molecule has 2 aromatic rings. The first-order valence-corrected chi connectivity index (χ1v) is 10.1. The molecule has 4 heterocycles. The van der Waals surface area contributed by atoms with Crippen LogP contribution < -0.4 is 10.6 Å². The van der Waals surface area contributed by atoms with Crippen LogP contribution in [-0.4, -0.2) is 63.5 Å². The van der Waals surface area contributed by atoms with Crippen molar-refractivity contribution in [1.82, 2.24) is 24.6 Å². The molecule has 2 aromatic heterocycles. The molecule has 1 atom stereocenters. The van der Waals surface area contributed by atoms with Gasteiger partial charge in [-0.25, -0.2) is 4.98 Å². The molecule has 4 rings (SSSR count). The van der Waals surface area contributed by atoms with Crippen LogP contribution in [-0.2, 0) is 16.5 Å². The second kappa shape index (κ2) is 8.03. The maximum atomic E-state index is 13.1. The number of hydrogen-bond acceptors (Lipinski definition) is 7. The van der Waals surface area contributed by atoms with Gasteiger partial charge in [0.25, 0.3) is 0 Å². The van der Waals surface area contributed by atoms with Gasteiger partial charge < -0.3 is 15.4 Å². The Morgan fingerprint density at radius 2 is 2.10 bits per heavy atom. The quantitative estimate of drug-likeness (QED) is 0.736. The van der Waals surface area contributed by atoms with Crippen LogP contribution in [0, 0.1) is 0 Å². The van der Waals surface area contributed by atoms with Crippen LogP contribution in [0.15, 0.2) is 18.6 Å². The standard InChI is InChI=1S/C19H26F3N7O/c1-3-23-16-15(19(20,21)22)8-24-17(27-16)26-13-7-25-29(9-13)18(2)5-4-6-28(12-18)14-10-30-11-14/h7-9,14H,3-6,10-12H2,1-2H3,(H2,23,24,26,27). The van der Waals surface area contributed by atoms with E-state index in [2.05, 4.69) is 37.5 Å². The van der Waals surface area contributed by atoms with Crippen LogP contribution in [0.1, 0.15) is 32.3 Å². The van der Waals surface area contributed by atoms with E-state index in [1.165, 1.54) is 0 Å². The molecule has 2 saturated heterocycles. The lowest BCUT2D eigenvalue weighted by molar-refractivity contribution is -0.137. The first-order chi connectivity index (χ1) is 14.3. The highest BCUT2D eigenvalue weighted by Crippen LogP contribution is 2.34. The summed E-state index contributed by atoms with van der Waals surface area (Å²) in [6.45, 7) is 7.70. The third-order valence-corrected chi connectivity index (χ3v) is 5.67. The average Bonchev–Trinajstić information content (AvgIpc) is 3.09. The molecule has 0 aromatic carbocycles. The summed E-state index contributed by atoms with van der Waals surface area (Å²) >= 11 is 0. The van der Waals surface area contributed by atoms with E-state index in [1.807, 2.05) is 10.9 Å². The molecule has 2 aliphatic heterocycles. The van der Waals surface area contributed by atoms with Crippen LogP contribution >= 0.6 is 0 Å². The summed E-state index contributed by atoms with van der Waals surface area (Å²) in [6, 6.07) is 0.475. The van der Waals surface area contributed by atoms with Crippen LogP contribution in [0.3, 0.4) is 0 Å². The largest absolute Gasteiger partial charge is 0.421 e. The number of ether oxygens (including phenoxy) is 1. The topological polar surface area (TPSA) is 80.1 Å². The third kappa shape index (κ3) is 4.22. The van der Waals surface area contributed by atoms with Crippen molar-refractivity contribution in [2.45, 2.75) is 44.4 Å². The molecule has 0 radical (unpaired) electrons. The van der Waals surface area contributed by atoms with E-state index in [4.69, 9.17) is 4.74 Å². The number of aromatic nitrogens is 4. The van der Waals surface area contributed by atoms with Crippen molar-refractivity contribution in [3.8, 4) is 0 Å². The third-order valence-electron chi connectivity index (χ3n) is 5.67. The fraction of sp³-hybridized carbons (Fsp3) is 0.632. The van der Waals surface area contributed by atoms with Gasteiger partial charge in [-0.1, -0.05) is 0 Å². The Bertz CT molecular complexity index is 883. The van der Waals surface area contributed by atoms with Crippen molar-refractivity contribution in [2.75, 3.05) is 43.5 Å². The Morgan fingerprint density at radius 3 is 2.77 bits per heavy atom. The van der Waals surface area contributed by atoms with Gasteiger partial charge in [-0.05, 0) is 33.2 Å². The van der Waals surface area contributed by atoms with Crippen LogP contribution in [0.25, 0.3) is 0 Å². The van der Waals surface area contributed by atoms with Gasteiger partial charge in [0.05, 0.1) is 36.7 Å². The molecule has 0 saturated carbocycles. The second-order valence-electron chi connectivity index (χ2n) is 8.04. The van der Waals surface area contributed by atoms with Crippen molar-refractivity contribution in [3.05, 3.63) is 24.2 Å². The zero-order chi connectivity index (χ0) is 21.4. The zero-order valence-corrected chi connectivity index (χ0v) is 17.0. The normalized spacial score (nSPS) is 23.2. The molecule has 2 aliphatic rings. The Balaban J connectivity index is 1.50. The highest BCUT2D eigenvalue weighted by atomic mass is 19.4. The highest BCUT2D eigenvalue weighted by molar-refractivity contribution is 5.55. The molecule has 0 spiro atoms. The molecule has 0 aliphatic carbocycles. The van der Waals surface area contributed by atoms with Gasteiger partial charge in [0.15, 0.2) is 0 Å². The summed E-state index contributed by atoms with van der Waals surface area (Å²) in [7, 11) is 0. The molecular weight excluding hydrogens is 399 g/mol. The summed E-state index contributed by atoms with van der Waals surface area (Å²) in [4.78, 5) is 10.3.